The normalized spacial score (nSPS) is 21.9. The summed E-state index contributed by atoms with van der Waals surface area (Å²) in [7, 11) is 1.29. The molecule has 0 saturated carbocycles. The lowest BCUT2D eigenvalue weighted by atomic mass is 9.99. The van der Waals surface area contributed by atoms with Crippen LogP contribution in [0.4, 0.5) is 0 Å². The highest BCUT2D eigenvalue weighted by Gasteiger charge is 2.32. The zero-order valence-corrected chi connectivity index (χ0v) is 11.0. The number of esters is 1. The molecule has 6 nitrogen and oxygen atoms in total. The predicted octanol–water partition coefficient (Wildman–Crippen LogP) is -0.0311. The third kappa shape index (κ3) is 3.45. The summed E-state index contributed by atoms with van der Waals surface area (Å²) in [6.07, 6.45) is 1.57. The van der Waals surface area contributed by atoms with Crippen molar-refractivity contribution in [2.45, 2.75) is 45.2 Å². The zero-order chi connectivity index (χ0) is 13.7. The lowest BCUT2D eigenvalue weighted by Crippen LogP contribution is -2.51. The third-order valence-corrected chi connectivity index (χ3v) is 3.28. The van der Waals surface area contributed by atoms with Gasteiger partial charge in [-0.3, -0.25) is 9.59 Å². The molecule has 0 spiro atoms. The highest BCUT2D eigenvalue weighted by Crippen LogP contribution is 2.12. The fourth-order valence-electron chi connectivity index (χ4n) is 1.86. The van der Waals surface area contributed by atoms with Crippen molar-refractivity contribution in [1.82, 2.24) is 10.6 Å². The van der Waals surface area contributed by atoms with E-state index in [1.165, 1.54) is 7.11 Å². The van der Waals surface area contributed by atoms with Gasteiger partial charge in [-0.1, -0.05) is 20.3 Å². The van der Waals surface area contributed by atoms with Crippen molar-refractivity contribution in [1.29, 1.82) is 0 Å². The molecule has 1 aliphatic heterocycles. The Morgan fingerprint density at radius 3 is 2.67 bits per heavy atom. The van der Waals surface area contributed by atoms with E-state index in [1.54, 1.807) is 0 Å². The Balaban J connectivity index is 2.62. The van der Waals surface area contributed by atoms with Crippen molar-refractivity contribution in [2.24, 2.45) is 5.92 Å². The van der Waals surface area contributed by atoms with E-state index < -0.39 is 18.1 Å². The molecule has 0 aromatic carbocycles. The molecule has 1 aliphatic rings. The van der Waals surface area contributed by atoms with Gasteiger partial charge in [-0.15, -0.1) is 0 Å². The fourth-order valence-corrected chi connectivity index (χ4v) is 1.86. The minimum atomic E-state index is -0.662. The summed E-state index contributed by atoms with van der Waals surface area (Å²) in [5, 5.41) is 5.22. The second-order valence-electron chi connectivity index (χ2n) is 4.55. The second kappa shape index (κ2) is 6.37. The Morgan fingerprint density at radius 1 is 1.56 bits per heavy atom. The summed E-state index contributed by atoms with van der Waals surface area (Å²) in [6.45, 7) is 3.80. The summed E-state index contributed by atoms with van der Waals surface area (Å²) in [6, 6.07) is -1.20. The van der Waals surface area contributed by atoms with Crippen molar-refractivity contribution in [2.75, 3.05) is 7.11 Å². The summed E-state index contributed by atoms with van der Waals surface area (Å²) < 4.78 is 4.68. The Hall–Kier alpha value is -1.59. The summed E-state index contributed by atoms with van der Waals surface area (Å²) >= 11 is 0. The largest absolute Gasteiger partial charge is 0.467 e. The van der Waals surface area contributed by atoms with Gasteiger partial charge in [0.05, 0.1) is 7.11 Å². The molecule has 6 heteroatoms. The van der Waals surface area contributed by atoms with Gasteiger partial charge in [-0.25, -0.2) is 4.79 Å². The van der Waals surface area contributed by atoms with Crippen LogP contribution in [0.1, 0.15) is 33.1 Å². The van der Waals surface area contributed by atoms with Gasteiger partial charge < -0.3 is 15.4 Å². The number of ether oxygens (including phenoxy) is 1. The number of carbonyl (C=O) groups excluding carboxylic acids is 3. The smallest absolute Gasteiger partial charge is 0.328 e. The van der Waals surface area contributed by atoms with Crippen molar-refractivity contribution in [3.05, 3.63) is 0 Å². The average Bonchev–Trinajstić information content (AvgIpc) is 2.80. The quantitative estimate of drug-likeness (QED) is 0.676. The van der Waals surface area contributed by atoms with Crippen LogP contribution in [0.25, 0.3) is 0 Å². The third-order valence-electron chi connectivity index (χ3n) is 3.28. The van der Waals surface area contributed by atoms with Gasteiger partial charge in [-0.05, 0) is 12.3 Å². The number of carbonyl (C=O) groups is 3. The van der Waals surface area contributed by atoms with Gasteiger partial charge in [0.1, 0.15) is 12.1 Å². The van der Waals surface area contributed by atoms with Crippen LogP contribution in [0, 0.1) is 5.92 Å². The van der Waals surface area contributed by atoms with Crippen LogP contribution in [0.15, 0.2) is 0 Å². The summed E-state index contributed by atoms with van der Waals surface area (Å²) in [5.74, 6) is -0.926. The van der Waals surface area contributed by atoms with Crippen LogP contribution < -0.4 is 10.6 Å². The molecule has 2 amide bonds. The van der Waals surface area contributed by atoms with E-state index in [-0.39, 0.29) is 17.7 Å². The molecule has 102 valence electrons. The van der Waals surface area contributed by atoms with E-state index in [1.807, 2.05) is 13.8 Å². The number of methoxy groups -OCH3 is 1. The maximum Gasteiger partial charge on any atom is 0.328 e. The van der Waals surface area contributed by atoms with Crippen molar-refractivity contribution < 1.29 is 19.1 Å². The SMILES string of the molecule is CC[C@H](C)[C@H](NC(=O)[C@H]1CCC(=O)N1)C(=O)OC. The van der Waals surface area contributed by atoms with E-state index in [0.717, 1.165) is 6.42 Å². The van der Waals surface area contributed by atoms with Crippen molar-refractivity contribution in [3.63, 3.8) is 0 Å². The topological polar surface area (TPSA) is 84.5 Å². The first-order valence-electron chi connectivity index (χ1n) is 6.17. The minimum absolute atomic E-state index is 0.0153. The molecule has 1 fully saturated rings. The van der Waals surface area contributed by atoms with Crippen LogP contribution in [0.3, 0.4) is 0 Å². The molecule has 0 aromatic heterocycles. The minimum Gasteiger partial charge on any atom is -0.467 e. The lowest BCUT2D eigenvalue weighted by Gasteiger charge is -2.23. The standard InChI is InChI=1S/C12H20N2O4/c1-4-7(2)10(12(17)18-3)14-11(16)8-5-6-9(15)13-8/h7-8,10H,4-6H2,1-3H3,(H,13,15)(H,14,16)/t7-,8+,10-/m0/s1. The molecule has 0 aromatic rings. The summed E-state index contributed by atoms with van der Waals surface area (Å²) in [5.41, 5.74) is 0. The Labute approximate surface area is 106 Å². The first-order chi connectivity index (χ1) is 8.49. The van der Waals surface area contributed by atoms with Crippen LogP contribution in [-0.2, 0) is 19.1 Å². The van der Waals surface area contributed by atoms with Crippen LogP contribution >= 0.6 is 0 Å². The van der Waals surface area contributed by atoms with Crippen molar-refractivity contribution in [3.8, 4) is 0 Å². The number of hydrogen-bond acceptors (Lipinski definition) is 4. The highest BCUT2D eigenvalue weighted by molar-refractivity contribution is 5.93. The molecule has 1 heterocycles. The van der Waals surface area contributed by atoms with Gasteiger partial charge in [0.15, 0.2) is 0 Å². The first kappa shape index (κ1) is 14.5. The van der Waals surface area contributed by atoms with Crippen LogP contribution in [0.2, 0.25) is 0 Å². The van der Waals surface area contributed by atoms with E-state index in [2.05, 4.69) is 15.4 Å². The van der Waals surface area contributed by atoms with E-state index in [9.17, 15) is 14.4 Å². The van der Waals surface area contributed by atoms with Gasteiger partial charge in [0.2, 0.25) is 11.8 Å². The van der Waals surface area contributed by atoms with E-state index >= 15 is 0 Å². The second-order valence-corrected chi connectivity index (χ2v) is 4.55. The van der Waals surface area contributed by atoms with Gasteiger partial charge in [0, 0.05) is 6.42 Å². The molecular formula is C12H20N2O4. The molecule has 0 aliphatic carbocycles. The fraction of sp³-hybridized carbons (Fsp3) is 0.750. The van der Waals surface area contributed by atoms with Gasteiger partial charge in [0.25, 0.3) is 0 Å². The molecule has 18 heavy (non-hydrogen) atoms. The Morgan fingerprint density at radius 2 is 2.22 bits per heavy atom. The Bertz CT molecular complexity index is 343. The highest BCUT2D eigenvalue weighted by atomic mass is 16.5. The molecule has 1 rings (SSSR count). The molecule has 3 atom stereocenters. The molecule has 2 N–H and O–H groups in total. The maximum absolute atomic E-state index is 11.9. The molecule has 0 unspecified atom stereocenters. The van der Waals surface area contributed by atoms with E-state index in [0.29, 0.717) is 12.8 Å². The number of hydrogen-bond donors (Lipinski definition) is 2. The number of rotatable bonds is 5. The monoisotopic (exact) mass is 256 g/mol. The first-order valence-corrected chi connectivity index (χ1v) is 6.17. The van der Waals surface area contributed by atoms with Gasteiger partial charge >= 0.3 is 5.97 Å². The van der Waals surface area contributed by atoms with Crippen LogP contribution in [-0.4, -0.2) is 37.0 Å². The lowest BCUT2D eigenvalue weighted by molar-refractivity contribution is -0.146. The summed E-state index contributed by atoms with van der Waals surface area (Å²) in [4.78, 5) is 34.6. The van der Waals surface area contributed by atoms with E-state index in [4.69, 9.17) is 0 Å². The molecular weight excluding hydrogens is 236 g/mol. The molecule has 0 bridgehead atoms. The number of nitrogens with one attached hydrogen (secondary N) is 2. The molecule has 0 radical (unpaired) electrons. The predicted molar refractivity (Wildman–Crippen MR) is 64.6 cm³/mol. The van der Waals surface area contributed by atoms with Crippen molar-refractivity contribution >= 4 is 17.8 Å². The van der Waals surface area contributed by atoms with Gasteiger partial charge in [-0.2, -0.15) is 0 Å². The van der Waals surface area contributed by atoms with Crippen LogP contribution in [0.5, 0.6) is 0 Å². The number of amides is 2. The molecule has 1 saturated heterocycles. The zero-order valence-electron chi connectivity index (χ0n) is 11.0. The maximum atomic E-state index is 11.9. The Kier molecular flexibility index (Phi) is 5.12. The average molecular weight is 256 g/mol.